The number of hydrogen-bond acceptors (Lipinski definition) is 5. The lowest BCUT2D eigenvalue weighted by molar-refractivity contribution is 0.239. The van der Waals surface area contributed by atoms with Gasteiger partial charge in [0.2, 0.25) is 0 Å². The highest BCUT2D eigenvalue weighted by molar-refractivity contribution is 5.46. The SMILES string of the molecule is CCCCc1ncc(CN2CCc3nc(-c4ccco4)[nH]c(=O)c3C2)[nH]1. The molecule has 0 spiro atoms. The van der Waals surface area contributed by atoms with E-state index < -0.39 is 0 Å². The van der Waals surface area contributed by atoms with Crippen LogP contribution in [0.5, 0.6) is 0 Å². The third kappa shape index (κ3) is 3.48. The molecule has 0 fully saturated rings. The van der Waals surface area contributed by atoms with Gasteiger partial charge in [0, 0.05) is 44.4 Å². The summed E-state index contributed by atoms with van der Waals surface area (Å²) in [7, 11) is 0. The summed E-state index contributed by atoms with van der Waals surface area (Å²) in [6.45, 7) is 4.40. The van der Waals surface area contributed by atoms with Gasteiger partial charge in [-0.3, -0.25) is 9.69 Å². The first kappa shape index (κ1) is 16.8. The maximum absolute atomic E-state index is 12.5. The molecular weight excluding hydrogens is 330 g/mol. The molecule has 0 unspecified atom stereocenters. The van der Waals surface area contributed by atoms with E-state index >= 15 is 0 Å². The zero-order valence-electron chi connectivity index (χ0n) is 14.9. The Balaban J connectivity index is 1.48. The zero-order valence-corrected chi connectivity index (χ0v) is 14.9. The van der Waals surface area contributed by atoms with Crippen molar-refractivity contribution >= 4 is 0 Å². The van der Waals surface area contributed by atoms with E-state index in [1.54, 1.807) is 18.4 Å². The summed E-state index contributed by atoms with van der Waals surface area (Å²) >= 11 is 0. The quantitative estimate of drug-likeness (QED) is 0.711. The normalized spacial score (nSPS) is 14.5. The molecule has 1 aliphatic rings. The number of H-pyrrole nitrogens is 2. The van der Waals surface area contributed by atoms with Crippen LogP contribution in [0.2, 0.25) is 0 Å². The summed E-state index contributed by atoms with van der Waals surface area (Å²) in [5.74, 6) is 2.13. The predicted molar refractivity (Wildman–Crippen MR) is 97.6 cm³/mol. The Morgan fingerprint density at radius 1 is 1.35 bits per heavy atom. The number of nitrogens with one attached hydrogen (secondary N) is 2. The van der Waals surface area contributed by atoms with E-state index in [1.165, 1.54) is 0 Å². The molecule has 0 saturated heterocycles. The summed E-state index contributed by atoms with van der Waals surface area (Å²) in [5.41, 5.74) is 2.62. The van der Waals surface area contributed by atoms with Gasteiger partial charge in [-0.25, -0.2) is 9.97 Å². The second-order valence-corrected chi connectivity index (χ2v) is 6.74. The second-order valence-electron chi connectivity index (χ2n) is 6.74. The molecule has 3 aromatic rings. The lowest BCUT2D eigenvalue weighted by atomic mass is 10.1. The van der Waals surface area contributed by atoms with Crippen molar-refractivity contribution in [1.29, 1.82) is 0 Å². The van der Waals surface area contributed by atoms with Crippen LogP contribution in [0.15, 0.2) is 33.8 Å². The molecule has 136 valence electrons. The van der Waals surface area contributed by atoms with Crippen molar-refractivity contribution in [2.24, 2.45) is 0 Å². The number of hydrogen-bond donors (Lipinski definition) is 2. The van der Waals surface area contributed by atoms with Crippen LogP contribution in [0.4, 0.5) is 0 Å². The van der Waals surface area contributed by atoms with Gasteiger partial charge < -0.3 is 14.4 Å². The summed E-state index contributed by atoms with van der Waals surface area (Å²) in [4.78, 5) is 30.1. The first-order valence-corrected chi connectivity index (χ1v) is 9.14. The summed E-state index contributed by atoms with van der Waals surface area (Å²) in [6.07, 6.45) is 7.53. The minimum atomic E-state index is -0.0839. The zero-order chi connectivity index (χ0) is 17.9. The number of rotatable bonds is 6. The van der Waals surface area contributed by atoms with Gasteiger partial charge in [0.05, 0.1) is 17.5 Å². The number of fused-ring (bicyclic) bond motifs is 1. The van der Waals surface area contributed by atoms with Gasteiger partial charge in [-0.1, -0.05) is 13.3 Å². The van der Waals surface area contributed by atoms with Crippen molar-refractivity contribution in [2.45, 2.75) is 45.7 Å². The first-order valence-electron chi connectivity index (χ1n) is 9.14. The number of aromatic amines is 2. The molecule has 0 atom stereocenters. The van der Waals surface area contributed by atoms with Crippen molar-refractivity contribution < 1.29 is 4.42 Å². The van der Waals surface area contributed by atoms with E-state index in [-0.39, 0.29) is 5.56 Å². The molecule has 4 heterocycles. The van der Waals surface area contributed by atoms with Crippen LogP contribution in [0.1, 0.15) is 42.5 Å². The van der Waals surface area contributed by atoms with Crippen LogP contribution >= 0.6 is 0 Å². The third-order valence-electron chi connectivity index (χ3n) is 4.74. The number of imidazole rings is 1. The van der Waals surface area contributed by atoms with Gasteiger partial charge >= 0.3 is 0 Å². The van der Waals surface area contributed by atoms with Crippen molar-refractivity contribution in [1.82, 2.24) is 24.8 Å². The summed E-state index contributed by atoms with van der Waals surface area (Å²) in [5, 5.41) is 0. The molecule has 0 radical (unpaired) electrons. The van der Waals surface area contributed by atoms with Crippen LogP contribution < -0.4 is 5.56 Å². The second kappa shape index (κ2) is 7.29. The smallest absolute Gasteiger partial charge is 0.256 e. The Bertz CT molecular complexity index is 926. The van der Waals surface area contributed by atoms with Crippen LogP contribution in [0.25, 0.3) is 11.6 Å². The van der Waals surface area contributed by atoms with E-state index in [1.807, 2.05) is 6.20 Å². The maximum Gasteiger partial charge on any atom is 0.256 e. The number of nitrogens with zero attached hydrogens (tertiary/aromatic N) is 3. The fourth-order valence-corrected chi connectivity index (χ4v) is 3.34. The highest BCUT2D eigenvalue weighted by Crippen LogP contribution is 2.20. The largest absolute Gasteiger partial charge is 0.461 e. The molecule has 1 aliphatic heterocycles. The highest BCUT2D eigenvalue weighted by Gasteiger charge is 2.22. The van der Waals surface area contributed by atoms with E-state index in [0.29, 0.717) is 18.1 Å². The molecule has 26 heavy (non-hydrogen) atoms. The number of furan rings is 1. The number of unbranched alkanes of at least 4 members (excludes halogenated alkanes) is 1. The highest BCUT2D eigenvalue weighted by atomic mass is 16.3. The predicted octanol–water partition coefficient (Wildman–Crippen LogP) is 2.65. The van der Waals surface area contributed by atoms with E-state index in [4.69, 9.17) is 4.42 Å². The fourth-order valence-electron chi connectivity index (χ4n) is 3.34. The molecule has 7 nitrogen and oxygen atoms in total. The van der Waals surface area contributed by atoms with E-state index in [2.05, 4.69) is 31.8 Å². The minimum Gasteiger partial charge on any atom is -0.461 e. The van der Waals surface area contributed by atoms with Crippen LogP contribution in [-0.4, -0.2) is 31.4 Å². The van der Waals surface area contributed by atoms with Crippen LogP contribution in [-0.2, 0) is 25.9 Å². The molecule has 0 saturated carbocycles. The number of aromatic nitrogens is 4. The van der Waals surface area contributed by atoms with Crippen LogP contribution in [0, 0.1) is 0 Å². The lowest BCUT2D eigenvalue weighted by Gasteiger charge is -2.27. The van der Waals surface area contributed by atoms with Gasteiger partial charge in [-0.15, -0.1) is 0 Å². The molecule has 0 aromatic carbocycles. The molecule has 0 amide bonds. The Hall–Kier alpha value is -2.67. The van der Waals surface area contributed by atoms with Gasteiger partial charge in [0.25, 0.3) is 5.56 Å². The van der Waals surface area contributed by atoms with Gasteiger partial charge in [-0.2, -0.15) is 0 Å². The average molecular weight is 353 g/mol. The van der Waals surface area contributed by atoms with E-state index in [9.17, 15) is 4.79 Å². The summed E-state index contributed by atoms with van der Waals surface area (Å²) in [6, 6.07) is 3.59. The fraction of sp³-hybridized carbons (Fsp3) is 0.421. The Kier molecular flexibility index (Phi) is 4.71. The van der Waals surface area contributed by atoms with Gasteiger partial charge in [-0.05, 0) is 18.6 Å². The monoisotopic (exact) mass is 353 g/mol. The number of aryl methyl sites for hydroxylation is 1. The standard InChI is InChI=1S/C19H23N5O2/c1-2-3-6-17-20-10-13(21-17)11-24-8-7-15-14(12-24)19(25)23-18(22-15)16-5-4-9-26-16/h4-5,9-10H,2-3,6-8,11-12H2,1H3,(H,20,21)(H,22,23,25). The average Bonchev–Trinajstić information content (AvgIpc) is 3.32. The van der Waals surface area contributed by atoms with Crippen LogP contribution in [0.3, 0.4) is 0 Å². The van der Waals surface area contributed by atoms with Gasteiger partial charge in [0.1, 0.15) is 5.82 Å². The van der Waals surface area contributed by atoms with Crippen molar-refractivity contribution in [3.8, 4) is 11.6 Å². The Morgan fingerprint density at radius 2 is 2.27 bits per heavy atom. The Labute approximate surface area is 151 Å². The maximum atomic E-state index is 12.5. The molecule has 0 aliphatic carbocycles. The lowest BCUT2D eigenvalue weighted by Crippen LogP contribution is -2.35. The summed E-state index contributed by atoms with van der Waals surface area (Å²) < 4.78 is 5.34. The first-order chi connectivity index (χ1) is 12.7. The molecule has 3 aromatic heterocycles. The van der Waals surface area contributed by atoms with Gasteiger partial charge in [0.15, 0.2) is 11.6 Å². The topological polar surface area (TPSA) is 90.8 Å². The molecule has 2 N–H and O–H groups in total. The van der Waals surface area contributed by atoms with Crippen molar-refractivity contribution in [3.05, 3.63) is 57.7 Å². The minimum absolute atomic E-state index is 0.0839. The molecular formula is C19H23N5O2. The van der Waals surface area contributed by atoms with E-state index in [0.717, 1.165) is 61.5 Å². The van der Waals surface area contributed by atoms with Crippen molar-refractivity contribution in [3.63, 3.8) is 0 Å². The molecule has 7 heteroatoms. The molecule has 0 bridgehead atoms. The molecule has 4 rings (SSSR count). The van der Waals surface area contributed by atoms with Crippen molar-refractivity contribution in [2.75, 3.05) is 6.54 Å². The third-order valence-corrected chi connectivity index (χ3v) is 4.74. The Morgan fingerprint density at radius 3 is 3.08 bits per heavy atom.